The van der Waals surface area contributed by atoms with Gasteiger partial charge in [-0.3, -0.25) is 4.79 Å². The molecule has 5 nitrogen and oxygen atoms in total. The van der Waals surface area contributed by atoms with E-state index in [1.165, 1.54) is 6.33 Å². The molecule has 0 aromatic carbocycles. The average molecular weight is 242 g/mol. The van der Waals surface area contributed by atoms with Gasteiger partial charge in [-0.05, 0) is 25.5 Å². The third-order valence-corrected chi connectivity index (χ3v) is 3.44. The molecule has 0 radical (unpaired) electrons. The normalized spacial score (nSPS) is 14.2. The van der Waals surface area contributed by atoms with Crippen LogP contribution in [-0.2, 0) is 6.54 Å². The van der Waals surface area contributed by atoms with Crippen molar-refractivity contribution in [2.45, 2.75) is 20.4 Å². The van der Waals surface area contributed by atoms with E-state index in [1.54, 1.807) is 6.20 Å². The zero-order valence-electron chi connectivity index (χ0n) is 10.4. The lowest BCUT2D eigenvalue weighted by Crippen LogP contribution is -2.35. The number of carbonyl (C=O) groups is 1. The second kappa shape index (κ2) is 3.94. The van der Waals surface area contributed by atoms with Crippen molar-refractivity contribution in [3.05, 3.63) is 35.5 Å². The number of rotatable bonds is 1. The zero-order chi connectivity index (χ0) is 12.7. The second-order valence-corrected chi connectivity index (χ2v) is 4.44. The predicted octanol–water partition coefficient (Wildman–Crippen LogP) is 1.31. The van der Waals surface area contributed by atoms with Crippen LogP contribution in [0.3, 0.4) is 0 Å². The smallest absolute Gasteiger partial charge is 0.268 e. The van der Waals surface area contributed by atoms with Crippen molar-refractivity contribution in [2.24, 2.45) is 0 Å². The molecule has 0 fully saturated rings. The number of hydrogen-bond acceptors (Lipinski definition) is 3. The zero-order valence-corrected chi connectivity index (χ0v) is 10.4. The Bertz CT molecular complexity index is 616. The fraction of sp³-hybridized carbons (Fsp3) is 0.308. The van der Waals surface area contributed by atoms with Gasteiger partial charge in [-0.2, -0.15) is 0 Å². The highest BCUT2D eigenvalue weighted by Crippen LogP contribution is 2.31. The molecule has 3 rings (SSSR count). The summed E-state index contributed by atoms with van der Waals surface area (Å²) in [5, 5.41) is 2.88. The highest BCUT2D eigenvalue weighted by atomic mass is 16.2. The molecule has 1 amide bonds. The molecule has 0 aliphatic carbocycles. The Morgan fingerprint density at radius 1 is 1.39 bits per heavy atom. The first-order valence-electron chi connectivity index (χ1n) is 5.94. The van der Waals surface area contributed by atoms with E-state index in [0.717, 1.165) is 34.8 Å². The molecule has 3 heterocycles. The molecule has 1 aliphatic heterocycles. The molecule has 0 saturated heterocycles. The largest absolute Gasteiger partial charge is 0.349 e. The Kier molecular flexibility index (Phi) is 2.40. The maximum atomic E-state index is 11.9. The summed E-state index contributed by atoms with van der Waals surface area (Å²) >= 11 is 0. The lowest BCUT2D eigenvalue weighted by molar-refractivity contribution is 0.0926. The van der Waals surface area contributed by atoms with Gasteiger partial charge in [0.05, 0.1) is 5.69 Å². The van der Waals surface area contributed by atoms with Gasteiger partial charge < -0.3 is 9.88 Å². The van der Waals surface area contributed by atoms with Gasteiger partial charge >= 0.3 is 0 Å². The van der Waals surface area contributed by atoms with E-state index in [1.807, 2.05) is 19.9 Å². The standard InChI is InChI=1S/C13H14N4O/c1-8-11(10-3-4-14-7-16-10)9(2)17-6-5-15-13(18)12(8)17/h3-4,7H,5-6H2,1-2H3,(H,15,18). The summed E-state index contributed by atoms with van der Waals surface area (Å²) in [5.41, 5.74) is 4.76. The maximum absolute atomic E-state index is 11.9. The predicted molar refractivity (Wildman–Crippen MR) is 67.3 cm³/mol. The van der Waals surface area contributed by atoms with Crippen molar-refractivity contribution in [1.29, 1.82) is 0 Å². The number of aromatic nitrogens is 3. The first kappa shape index (κ1) is 11.0. The number of fused-ring (bicyclic) bond motifs is 1. The summed E-state index contributed by atoms with van der Waals surface area (Å²) < 4.78 is 2.08. The van der Waals surface area contributed by atoms with Crippen LogP contribution in [-0.4, -0.2) is 27.0 Å². The van der Waals surface area contributed by atoms with Gasteiger partial charge in [-0.1, -0.05) is 0 Å². The van der Waals surface area contributed by atoms with E-state index in [4.69, 9.17) is 0 Å². The van der Waals surface area contributed by atoms with Crippen LogP contribution in [0.15, 0.2) is 18.6 Å². The summed E-state index contributed by atoms with van der Waals surface area (Å²) in [5.74, 6) is 0.00200. The molecule has 5 heteroatoms. The first-order chi connectivity index (χ1) is 8.70. The van der Waals surface area contributed by atoms with Crippen molar-refractivity contribution in [1.82, 2.24) is 19.9 Å². The number of carbonyl (C=O) groups excluding carboxylic acids is 1. The van der Waals surface area contributed by atoms with Gasteiger partial charge in [-0.15, -0.1) is 0 Å². The molecule has 18 heavy (non-hydrogen) atoms. The molecule has 2 aromatic rings. The van der Waals surface area contributed by atoms with E-state index in [9.17, 15) is 4.79 Å². The maximum Gasteiger partial charge on any atom is 0.268 e. The first-order valence-corrected chi connectivity index (χ1v) is 5.94. The van der Waals surface area contributed by atoms with Crippen molar-refractivity contribution in [3.63, 3.8) is 0 Å². The van der Waals surface area contributed by atoms with Gasteiger partial charge in [0.1, 0.15) is 12.0 Å². The van der Waals surface area contributed by atoms with E-state index in [-0.39, 0.29) is 5.91 Å². The van der Waals surface area contributed by atoms with Gasteiger partial charge in [0.25, 0.3) is 5.91 Å². The number of nitrogens with one attached hydrogen (secondary N) is 1. The van der Waals surface area contributed by atoms with Crippen molar-refractivity contribution < 1.29 is 4.79 Å². The van der Waals surface area contributed by atoms with E-state index in [2.05, 4.69) is 19.9 Å². The highest BCUT2D eigenvalue weighted by molar-refractivity contribution is 5.97. The molecule has 0 unspecified atom stereocenters. The molecule has 1 N–H and O–H groups in total. The number of amides is 1. The Morgan fingerprint density at radius 3 is 2.89 bits per heavy atom. The minimum Gasteiger partial charge on any atom is -0.349 e. The molecule has 1 aliphatic rings. The minimum absolute atomic E-state index is 0.00200. The Labute approximate surface area is 105 Å². The van der Waals surface area contributed by atoms with Crippen molar-refractivity contribution in [2.75, 3.05) is 6.54 Å². The molecular formula is C13H14N4O. The Morgan fingerprint density at radius 2 is 2.22 bits per heavy atom. The lowest BCUT2D eigenvalue weighted by Gasteiger charge is -2.17. The molecule has 0 saturated carbocycles. The fourth-order valence-electron chi connectivity index (χ4n) is 2.65. The fourth-order valence-corrected chi connectivity index (χ4v) is 2.65. The topological polar surface area (TPSA) is 59.8 Å². The average Bonchev–Trinajstić information content (AvgIpc) is 2.64. The summed E-state index contributed by atoms with van der Waals surface area (Å²) in [6, 6.07) is 1.87. The van der Waals surface area contributed by atoms with Gasteiger partial charge in [0.15, 0.2) is 0 Å². The van der Waals surface area contributed by atoms with Crippen LogP contribution in [0.2, 0.25) is 0 Å². The van der Waals surface area contributed by atoms with Gasteiger partial charge in [-0.25, -0.2) is 9.97 Å². The number of hydrogen-bond donors (Lipinski definition) is 1. The van der Waals surface area contributed by atoms with Crippen molar-refractivity contribution in [3.8, 4) is 11.3 Å². The highest BCUT2D eigenvalue weighted by Gasteiger charge is 2.26. The van der Waals surface area contributed by atoms with Crippen molar-refractivity contribution >= 4 is 5.91 Å². The Balaban J connectivity index is 2.26. The van der Waals surface area contributed by atoms with Crippen LogP contribution in [0.25, 0.3) is 11.3 Å². The molecule has 2 aromatic heterocycles. The quantitative estimate of drug-likeness (QED) is 0.820. The van der Waals surface area contributed by atoms with Crippen LogP contribution in [0.1, 0.15) is 21.7 Å². The molecular weight excluding hydrogens is 228 g/mol. The van der Waals surface area contributed by atoms with E-state index >= 15 is 0 Å². The van der Waals surface area contributed by atoms with E-state index in [0.29, 0.717) is 6.54 Å². The summed E-state index contributed by atoms with van der Waals surface area (Å²) in [6.45, 7) is 5.51. The SMILES string of the molecule is Cc1c(-c2ccncn2)c(C)n2c1C(=O)NCC2. The van der Waals surface area contributed by atoms with Crippen LogP contribution in [0, 0.1) is 13.8 Å². The van der Waals surface area contributed by atoms with Crippen LogP contribution < -0.4 is 5.32 Å². The van der Waals surface area contributed by atoms with Gasteiger partial charge in [0, 0.05) is 30.5 Å². The third-order valence-electron chi connectivity index (χ3n) is 3.44. The summed E-state index contributed by atoms with van der Waals surface area (Å²) in [4.78, 5) is 20.2. The van der Waals surface area contributed by atoms with Gasteiger partial charge in [0.2, 0.25) is 0 Å². The molecule has 0 atom stereocenters. The molecule has 0 spiro atoms. The minimum atomic E-state index is 0.00200. The number of nitrogens with zero attached hydrogens (tertiary/aromatic N) is 3. The van der Waals surface area contributed by atoms with Crippen LogP contribution in [0.4, 0.5) is 0 Å². The third kappa shape index (κ3) is 1.44. The monoisotopic (exact) mass is 242 g/mol. The Hall–Kier alpha value is -2.17. The molecule has 0 bridgehead atoms. The van der Waals surface area contributed by atoms with Crippen LogP contribution in [0.5, 0.6) is 0 Å². The lowest BCUT2D eigenvalue weighted by atomic mass is 10.1. The van der Waals surface area contributed by atoms with Crippen LogP contribution >= 0.6 is 0 Å². The van der Waals surface area contributed by atoms with E-state index < -0.39 is 0 Å². The summed E-state index contributed by atoms with van der Waals surface area (Å²) in [7, 11) is 0. The molecule has 92 valence electrons. The summed E-state index contributed by atoms with van der Waals surface area (Å²) in [6.07, 6.45) is 3.25. The second-order valence-electron chi connectivity index (χ2n) is 4.44.